The zero-order valence-electron chi connectivity index (χ0n) is 6.27. The van der Waals surface area contributed by atoms with Gasteiger partial charge >= 0.3 is 0 Å². The predicted octanol–water partition coefficient (Wildman–Crippen LogP) is 1.22. The van der Waals surface area contributed by atoms with E-state index >= 15 is 0 Å². The lowest BCUT2D eigenvalue weighted by Gasteiger charge is -2.24. The van der Waals surface area contributed by atoms with Crippen LogP contribution in [-0.4, -0.2) is 20.5 Å². The van der Waals surface area contributed by atoms with Crippen molar-refractivity contribution in [2.45, 2.75) is 12.0 Å². The van der Waals surface area contributed by atoms with Crippen LogP contribution >= 0.6 is 22.6 Å². The second-order valence-electron chi connectivity index (χ2n) is 2.01. The SMILES string of the molecule is C=CC(C=C)(CCI)O[SiH3]. The Morgan fingerprint density at radius 2 is 2.00 bits per heavy atom. The fourth-order valence-electron chi connectivity index (χ4n) is 0.704. The maximum atomic E-state index is 5.37. The Hall–Kier alpha value is 0.387. The van der Waals surface area contributed by atoms with E-state index in [2.05, 4.69) is 35.7 Å². The van der Waals surface area contributed by atoms with E-state index in [1.54, 1.807) is 0 Å². The van der Waals surface area contributed by atoms with Gasteiger partial charge in [0.05, 0.1) is 5.60 Å². The molecule has 0 amide bonds. The number of halogens is 1. The monoisotopic (exact) mass is 268 g/mol. The molecular formula is C7H13IOSi. The van der Waals surface area contributed by atoms with E-state index in [0.29, 0.717) is 0 Å². The highest BCUT2D eigenvalue weighted by atomic mass is 127. The van der Waals surface area contributed by atoms with Crippen LogP contribution in [0.4, 0.5) is 0 Å². The molecule has 1 nitrogen and oxygen atoms in total. The quantitative estimate of drug-likeness (QED) is 0.315. The van der Waals surface area contributed by atoms with Gasteiger partial charge in [-0.2, -0.15) is 0 Å². The Labute approximate surface area is 79.2 Å². The van der Waals surface area contributed by atoms with E-state index in [1.165, 1.54) is 0 Å². The summed E-state index contributed by atoms with van der Waals surface area (Å²) in [5.74, 6) is 0. The molecule has 0 radical (unpaired) electrons. The molecule has 0 saturated heterocycles. The Kier molecular flexibility index (Phi) is 5.29. The van der Waals surface area contributed by atoms with Gasteiger partial charge in [-0.25, -0.2) is 0 Å². The zero-order chi connectivity index (χ0) is 8.04. The third-order valence-corrected chi connectivity index (χ3v) is 2.86. The summed E-state index contributed by atoms with van der Waals surface area (Å²) >= 11 is 2.32. The number of alkyl halides is 1. The van der Waals surface area contributed by atoms with Crippen LogP contribution in [0.25, 0.3) is 0 Å². The molecule has 0 atom stereocenters. The summed E-state index contributed by atoms with van der Waals surface area (Å²) in [6.07, 6.45) is 4.63. The minimum Gasteiger partial charge on any atom is -0.416 e. The summed E-state index contributed by atoms with van der Waals surface area (Å²) in [6, 6.07) is 0. The number of rotatable bonds is 5. The third-order valence-electron chi connectivity index (χ3n) is 1.56. The fourth-order valence-corrected chi connectivity index (χ4v) is 2.08. The normalized spacial score (nSPS) is 11.3. The summed E-state index contributed by atoms with van der Waals surface area (Å²) in [6.45, 7) is 7.43. The van der Waals surface area contributed by atoms with Crippen LogP contribution in [0.5, 0.6) is 0 Å². The molecule has 0 aromatic rings. The first kappa shape index (κ1) is 10.4. The average Bonchev–Trinajstić information content (AvgIpc) is 2.01. The van der Waals surface area contributed by atoms with Crippen molar-refractivity contribution < 1.29 is 4.43 Å². The molecule has 0 aromatic carbocycles. The molecule has 0 spiro atoms. The molecule has 0 fully saturated rings. The van der Waals surface area contributed by atoms with Crippen molar-refractivity contribution in [2.75, 3.05) is 4.43 Å². The maximum Gasteiger partial charge on any atom is 0.147 e. The van der Waals surface area contributed by atoms with Crippen molar-refractivity contribution in [3.05, 3.63) is 25.3 Å². The summed E-state index contributed by atoms with van der Waals surface area (Å²) in [4.78, 5) is 0. The third kappa shape index (κ3) is 2.55. The van der Waals surface area contributed by atoms with Crippen LogP contribution in [0.1, 0.15) is 6.42 Å². The van der Waals surface area contributed by atoms with E-state index in [1.807, 2.05) is 12.2 Å². The van der Waals surface area contributed by atoms with Gasteiger partial charge in [0.25, 0.3) is 0 Å². The average molecular weight is 268 g/mol. The first-order chi connectivity index (χ1) is 4.74. The second kappa shape index (κ2) is 5.09. The minimum absolute atomic E-state index is 0.243. The molecule has 0 heterocycles. The van der Waals surface area contributed by atoms with E-state index < -0.39 is 0 Å². The molecule has 58 valence electrons. The van der Waals surface area contributed by atoms with Gasteiger partial charge in [0.2, 0.25) is 0 Å². The van der Waals surface area contributed by atoms with E-state index in [4.69, 9.17) is 4.43 Å². The summed E-state index contributed by atoms with van der Waals surface area (Å²) < 4.78 is 6.44. The smallest absolute Gasteiger partial charge is 0.147 e. The molecule has 0 aliphatic carbocycles. The highest BCUT2D eigenvalue weighted by Crippen LogP contribution is 2.18. The van der Waals surface area contributed by atoms with Gasteiger partial charge in [0.1, 0.15) is 10.5 Å². The lowest BCUT2D eigenvalue weighted by Crippen LogP contribution is -2.26. The lowest BCUT2D eigenvalue weighted by atomic mass is 10.0. The number of hydrogen-bond donors (Lipinski definition) is 0. The molecule has 0 aliphatic rings. The first-order valence-electron chi connectivity index (χ1n) is 3.13. The number of hydrogen-bond acceptors (Lipinski definition) is 1. The topological polar surface area (TPSA) is 9.23 Å². The van der Waals surface area contributed by atoms with Crippen molar-refractivity contribution >= 4 is 33.1 Å². The van der Waals surface area contributed by atoms with Crippen molar-refractivity contribution in [3.8, 4) is 0 Å². The highest BCUT2D eigenvalue weighted by molar-refractivity contribution is 14.1. The van der Waals surface area contributed by atoms with Gasteiger partial charge in [-0.1, -0.05) is 47.9 Å². The van der Waals surface area contributed by atoms with Crippen LogP contribution in [0.15, 0.2) is 25.3 Å². The Balaban J connectivity index is 4.14. The molecule has 0 aliphatic heterocycles. The van der Waals surface area contributed by atoms with Gasteiger partial charge < -0.3 is 4.43 Å². The predicted molar refractivity (Wildman–Crippen MR) is 57.7 cm³/mol. The van der Waals surface area contributed by atoms with Crippen molar-refractivity contribution in [1.82, 2.24) is 0 Å². The van der Waals surface area contributed by atoms with Gasteiger partial charge in [0.15, 0.2) is 0 Å². The van der Waals surface area contributed by atoms with Crippen molar-refractivity contribution in [1.29, 1.82) is 0 Å². The van der Waals surface area contributed by atoms with Crippen LogP contribution in [0, 0.1) is 0 Å². The van der Waals surface area contributed by atoms with Crippen molar-refractivity contribution in [2.24, 2.45) is 0 Å². The van der Waals surface area contributed by atoms with Crippen LogP contribution in [0.2, 0.25) is 0 Å². The van der Waals surface area contributed by atoms with Gasteiger partial charge in [-0.15, -0.1) is 0 Å². The molecule has 0 bridgehead atoms. The van der Waals surface area contributed by atoms with Gasteiger partial charge in [-0.05, 0) is 6.42 Å². The standard InChI is InChI=1S/C7H13IOSi/c1-3-7(4-2,9-10)5-6-8/h3-4H,1-2,5-6H2,10H3. The molecule has 10 heavy (non-hydrogen) atoms. The minimum atomic E-state index is -0.243. The lowest BCUT2D eigenvalue weighted by molar-refractivity contribution is 0.188. The van der Waals surface area contributed by atoms with Gasteiger partial charge in [0, 0.05) is 4.43 Å². The van der Waals surface area contributed by atoms with Gasteiger partial charge in [-0.3, -0.25) is 0 Å². The van der Waals surface area contributed by atoms with Crippen LogP contribution in [0.3, 0.4) is 0 Å². The Bertz CT molecular complexity index is 117. The fraction of sp³-hybridized carbons (Fsp3) is 0.429. The first-order valence-corrected chi connectivity index (χ1v) is 5.47. The molecule has 0 rings (SSSR count). The summed E-state index contributed by atoms with van der Waals surface area (Å²) in [7, 11) is 0.734. The maximum absolute atomic E-state index is 5.37. The van der Waals surface area contributed by atoms with E-state index in [9.17, 15) is 0 Å². The van der Waals surface area contributed by atoms with E-state index in [0.717, 1.165) is 21.3 Å². The zero-order valence-corrected chi connectivity index (χ0v) is 10.4. The highest BCUT2D eigenvalue weighted by Gasteiger charge is 2.18. The van der Waals surface area contributed by atoms with Crippen LogP contribution in [-0.2, 0) is 4.43 Å². The summed E-state index contributed by atoms with van der Waals surface area (Å²) in [5, 5.41) is 0. The largest absolute Gasteiger partial charge is 0.416 e. The Morgan fingerprint density at radius 1 is 1.50 bits per heavy atom. The second-order valence-corrected chi connectivity index (χ2v) is 3.49. The summed E-state index contributed by atoms with van der Waals surface area (Å²) in [5.41, 5.74) is -0.243. The molecule has 0 N–H and O–H groups in total. The molecule has 0 saturated carbocycles. The molecular weight excluding hydrogens is 255 g/mol. The van der Waals surface area contributed by atoms with Crippen molar-refractivity contribution in [3.63, 3.8) is 0 Å². The van der Waals surface area contributed by atoms with E-state index in [-0.39, 0.29) is 5.60 Å². The molecule has 3 heteroatoms. The molecule has 0 aromatic heterocycles. The Morgan fingerprint density at radius 3 is 2.10 bits per heavy atom. The molecule has 0 unspecified atom stereocenters. The van der Waals surface area contributed by atoms with Crippen LogP contribution < -0.4 is 0 Å².